The van der Waals surface area contributed by atoms with Gasteiger partial charge >= 0.3 is 12.1 Å². The Kier molecular flexibility index (Phi) is 11.4. The van der Waals surface area contributed by atoms with Crippen molar-refractivity contribution in [1.29, 1.82) is 0 Å². The number of sulfonamides is 1. The summed E-state index contributed by atoms with van der Waals surface area (Å²) in [5, 5.41) is 0. The first-order chi connectivity index (χ1) is 19.0. The van der Waals surface area contributed by atoms with Crippen LogP contribution in [0.3, 0.4) is 0 Å². The Hall–Kier alpha value is -3.11. The first kappa shape index (κ1) is 31.4. The summed E-state index contributed by atoms with van der Waals surface area (Å²) in [4.78, 5) is 26.6. The van der Waals surface area contributed by atoms with E-state index in [1.807, 2.05) is 45.0 Å². The van der Waals surface area contributed by atoms with Gasteiger partial charge in [-0.1, -0.05) is 42.8 Å². The monoisotopic (exact) mass is 574 g/mol. The van der Waals surface area contributed by atoms with E-state index in [4.69, 9.17) is 14.2 Å². The van der Waals surface area contributed by atoms with E-state index in [1.54, 1.807) is 23.1 Å². The zero-order valence-corrected chi connectivity index (χ0v) is 24.7. The normalized spacial score (nSPS) is 15.3. The fourth-order valence-electron chi connectivity index (χ4n) is 4.65. The van der Waals surface area contributed by atoms with E-state index in [0.29, 0.717) is 23.8 Å². The topological polar surface area (TPSA) is 111 Å². The molecular formula is C30H42N2O7S. The molecule has 0 spiro atoms. The van der Waals surface area contributed by atoms with Gasteiger partial charge in [-0.3, -0.25) is 4.79 Å². The molecule has 9 nitrogen and oxygen atoms in total. The van der Waals surface area contributed by atoms with Crippen molar-refractivity contribution >= 4 is 22.1 Å². The van der Waals surface area contributed by atoms with Crippen LogP contribution in [0.25, 0.3) is 0 Å². The second kappa shape index (κ2) is 14.5. The molecule has 1 N–H and O–H groups in total. The van der Waals surface area contributed by atoms with Crippen molar-refractivity contribution in [3.63, 3.8) is 0 Å². The molecule has 40 heavy (non-hydrogen) atoms. The lowest BCUT2D eigenvalue weighted by Crippen LogP contribution is -2.43. The predicted molar refractivity (Wildman–Crippen MR) is 153 cm³/mol. The van der Waals surface area contributed by atoms with E-state index in [9.17, 15) is 18.0 Å². The molecule has 0 radical (unpaired) electrons. The number of carbonyl (C=O) groups is 2. The number of hydrogen-bond donors (Lipinski definition) is 1. The van der Waals surface area contributed by atoms with Crippen LogP contribution in [0.2, 0.25) is 0 Å². The summed E-state index contributed by atoms with van der Waals surface area (Å²) in [6.45, 7) is 7.58. The Bertz CT molecular complexity index is 1200. The third kappa shape index (κ3) is 9.82. The third-order valence-corrected chi connectivity index (χ3v) is 8.25. The Labute approximate surface area is 238 Å². The first-order valence-corrected chi connectivity index (χ1v) is 15.3. The molecule has 0 saturated carbocycles. The number of nitrogens with one attached hydrogen (secondary N) is 1. The van der Waals surface area contributed by atoms with Crippen LogP contribution in [-0.2, 0) is 30.7 Å². The average molecular weight is 575 g/mol. The number of hydrogen-bond acceptors (Lipinski definition) is 7. The number of carbonyl (C=O) groups excluding carboxylic acids is 2. The minimum absolute atomic E-state index is 0.0731. The molecule has 0 aliphatic carbocycles. The molecule has 0 bridgehead atoms. The molecular weight excluding hydrogens is 532 g/mol. The van der Waals surface area contributed by atoms with Crippen molar-refractivity contribution in [2.75, 3.05) is 26.8 Å². The minimum Gasteiger partial charge on any atom is -0.493 e. The molecule has 2 aromatic rings. The van der Waals surface area contributed by atoms with Gasteiger partial charge in [0, 0.05) is 19.5 Å². The zero-order valence-electron chi connectivity index (χ0n) is 23.9. The van der Waals surface area contributed by atoms with E-state index in [2.05, 4.69) is 4.72 Å². The van der Waals surface area contributed by atoms with E-state index < -0.39 is 27.6 Å². The van der Waals surface area contributed by atoms with Crippen LogP contribution in [0.15, 0.2) is 59.5 Å². The number of esters is 1. The summed E-state index contributed by atoms with van der Waals surface area (Å²) >= 11 is 0. The van der Waals surface area contributed by atoms with Gasteiger partial charge < -0.3 is 19.1 Å². The molecule has 1 saturated heterocycles. The number of amides is 1. The number of benzene rings is 2. The Balaban J connectivity index is 1.48. The summed E-state index contributed by atoms with van der Waals surface area (Å²) < 4.78 is 44.6. The molecule has 1 fully saturated rings. The highest BCUT2D eigenvalue weighted by Crippen LogP contribution is 2.25. The third-order valence-electron chi connectivity index (χ3n) is 6.76. The largest absolute Gasteiger partial charge is 0.493 e. The Morgan fingerprint density at radius 3 is 2.30 bits per heavy atom. The minimum atomic E-state index is -3.92. The molecule has 3 rings (SSSR count). The number of methoxy groups -OCH3 is 1. The Morgan fingerprint density at radius 1 is 1.00 bits per heavy atom. The Morgan fingerprint density at radius 2 is 1.65 bits per heavy atom. The molecule has 1 unspecified atom stereocenters. The van der Waals surface area contributed by atoms with Gasteiger partial charge in [0.1, 0.15) is 17.4 Å². The number of ether oxygens (including phenoxy) is 3. The van der Waals surface area contributed by atoms with Gasteiger partial charge in [-0.2, -0.15) is 4.72 Å². The lowest BCUT2D eigenvalue weighted by molar-refractivity contribution is -0.142. The summed E-state index contributed by atoms with van der Waals surface area (Å²) in [7, 11) is -2.69. The molecule has 1 atom stereocenters. The lowest BCUT2D eigenvalue weighted by atomic mass is 9.92. The molecule has 10 heteroatoms. The molecule has 1 heterocycles. The van der Waals surface area contributed by atoms with Crippen LogP contribution < -0.4 is 9.46 Å². The van der Waals surface area contributed by atoms with E-state index >= 15 is 0 Å². The van der Waals surface area contributed by atoms with Gasteiger partial charge in [0.15, 0.2) is 0 Å². The quantitative estimate of drug-likeness (QED) is 0.282. The highest BCUT2D eigenvalue weighted by atomic mass is 32.2. The van der Waals surface area contributed by atoms with Crippen LogP contribution in [0.5, 0.6) is 5.75 Å². The summed E-state index contributed by atoms with van der Waals surface area (Å²) in [6, 6.07) is 14.1. The highest BCUT2D eigenvalue weighted by Gasteiger charge is 2.28. The number of rotatable bonds is 12. The van der Waals surface area contributed by atoms with E-state index in [0.717, 1.165) is 45.2 Å². The van der Waals surface area contributed by atoms with Crippen LogP contribution >= 0.6 is 0 Å². The zero-order chi connectivity index (χ0) is 29.2. The van der Waals surface area contributed by atoms with Gasteiger partial charge in [0.05, 0.1) is 18.6 Å². The maximum Gasteiger partial charge on any atom is 0.410 e. The fraction of sp³-hybridized carbons (Fsp3) is 0.533. The highest BCUT2D eigenvalue weighted by molar-refractivity contribution is 7.89. The molecule has 1 amide bonds. The van der Waals surface area contributed by atoms with Crippen LogP contribution in [0.4, 0.5) is 4.79 Å². The lowest BCUT2D eigenvalue weighted by Gasteiger charge is -2.33. The van der Waals surface area contributed by atoms with Crippen molar-refractivity contribution in [3.05, 3.63) is 60.2 Å². The van der Waals surface area contributed by atoms with Gasteiger partial charge in [0.25, 0.3) is 0 Å². The molecule has 1 aliphatic rings. The van der Waals surface area contributed by atoms with Crippen molar-refractivity contribution in [2.24, 2.45) is 5.92 Å². The maximum absolute atomic E-state index is 12.8. The predicted octanol–water partition coefficient (Wildman–Crippen LogP) is 4.95. The molecule has 2 aromatic carbocycles. The second-order valence-electron chi connectivity index (χ2n) is 11.1. The van der Waals surface area contributed by atoms with E-state index in [1.165, 1.54) is 19.2 Å². The summed E-state index contributed by atoms with van der Waals surface area (Å²) in [5.41, 5.74) is 0.228. The van der Waals surface area contributed by atoms with E-state index in [-0.39, 0.29) is 17.4 Å². The first-order valence-electron chi connectivity index (χ1n) is 13.8. The number of likely N-dealkylation sites (tertiary alicyclic amines) is 1. The SMILES string of the molecule is COC(=O)C(Cc1ccccc1OCCCCC1CCN(C(=O)OC(C)(C)C)CC1)NS(=O)(=O)c1ccccc1. The summed E-state index contributed by atoms with van der Waals surface area (Å²) in [5.74, 6) is 0.512. The van der Waals surface area contributed by atoms with Crippen molar-refractivity contribution in [1.82, 2.24) is 9.62 Å². The fourth-order valence-corrected chi connectivity index (χ4v) is 5.86. The van der Waals surface area contributed by atoms with Crippen molar-refractivity contribution in [2.45, 2.75) is 75.8 Å². The summed E-state index contributed by atoms with van der Waals surface area (Å²) in [6.07, 6.45) is 4.72. The van der Waals surface area contributed by atoms with Gasteiger partial charge in [0.2, 0.25) is 10.0 Å². The number of para-hydroxylation sites is 1. The van der Waals surface area contributed by atoms with Crippen molar-refractivity contribution < 1.29 is 32.2 Å². The second-order valence-corrected chi connectivity index (χ2v) is 12.8. The van der Waals surface area contributed by atoms with Crippen molar-refractivity contribution in [3.8, 4) is 5.75 Å². The van der Waals surface area contributed by atoms with Gasteiger partial charge in [-0.05, 0) is 76.1 Å². The molecule has 220 valence electrons. The number of piperidine rings is 1. The standard InChI is InChI=1S/C30H42N2O7S/c1-30(2,3)39-29(34)32-19-17-23(18-20-32)12-10-11-21-38-27-16-9-8-13-24(27)22-26(28(33)37-4)31-40(35,36)25-14-6-5-7-15-25/h5-9,13-16,23,26,31H,10-12,17-22H2,1-4H3. The van der Waals surface area contributed by atoms with Gasteiger partial charge in [-0.15, -0.1) is 0 Å². The van der Waals surface area contributed by atoms with Crippen LogP contribution in [0.1, 0.15) is 58.4 Å². The number of unbranched alkanes of at least 4 members (excludes halogenated alkanes) is 1. The van der Waals surface area contributed by atoms with Gasteiger partial charge in [-0.25, -0.2) is 13.2 Å². The maximum atomic E-state index is 12.8. The molecule has 0 aromatic heterocycles. The number of nitrogens with zero attached hydrogens (tertiary/aromatic N) is 1. The average Bonchev–Trinajstić information content (AvgIpc) is 2.92. The van der Waals surface area contributed by atoms with Crippen LogP contribution in [0, 0.1) is 5.92 Å². The molecule has 1 aliphatic heterocycles. The smallest absolute Gasteiger partial charge is 0.410 e. The van der Waals surface area contributed by atoms with Crippen LogP contribution in [-0.4, -0.2) is 63.8 Å².